The normalized spacial score (nSPS) is 12.1. The van der Waals surface area contributed by atoms with Gasteiger partial charge in [0.15, 0.2) is 0 Å². The smallest absolute Gasteiger partial charge is 0.251 e. The molecule has 0 saturated heterocycles. The molecule has 0 radical (unpaired) electrons. The second-order valence-corrected chi connectivity index (χ2v) is 6.72. The van der Waals surface area contributed by atoms with Crippen molar-refractivity contribution in [1.82, 2.24) is 10.3 Å². The molecule has 0 bridgehead atoms. The Morgan fingerprint density at radius 3 is 2.71 bits per heavy atom. The van der Waals surface area contributed by atoms with Gasteiger partial charge in [-0.1, -0.05) is 12.1 Å². The summed E-state index contributed by atoms with van der Waals surface area (Å²) in [5.41, 5.74) is 2.55. The van der Waals surface area contributed by atoms with E-state index in [4.69, 9.17) is 11.6 Å². The van der Waals surface area contributed by atoms with E-state index in [2.05, 4.69) is 10.3 Å². The molecular formula is C15H17ClN2OS2. The van der Waals surface area contributed by atoms with Crippen molar-refractivity contribution in [2.45, 2.75) is 18.8 Å². The number of nitrogens with one attached hydrogen (secondary N) is 1. The predicted octanol–water partition coefficient (Wildman–Crippen LogP) is 4.03. The zero-order valence-corrected chi connectivity index (χ0v) is 14.3. The third-order valence-electron chi connectivity index (χ3n) is 2.88. The standard InChI is InChI=1S/C15H17ClN2OS2/c1-10(8-20-2)17-14(19)11-3-5-12(6-4-11)15-18-13(7-16)9-21-15/h3-6,9-10H,7-8H2,1-2H3,(H,17,19). The highest BCUT2D eigenvalue weighted by Crippen LogP contribution is 2.24. The van der Waals surface area contributed by atoms with Gasteiger partial charge in [-0.25, -0.2) is 4.98 Å². The summed E-state index contributed by atoms with van der Waals surface area (Å²) in [5, 5.41) is 5.86. The quantitative estimate of drug-likeness (QED) is 0.807. The van der Waals surface area contributed by atoms with Gasteiger partial charge < -0.3 is 5.32 Å². The number of thioether (sulfide) groups is 1. The number of benzene rings is 1. The van der Waals surface area contributed by atoms with Gasteiger partial charge in [-0.05, 0) is 25.3 Å². The van der Waals surface area contributed by atoms with E-state index in [1.54, 1.807) is 23.1 Å². The first-order valence-corrected chi connectivity index (χ1v) is 9.35. The van der Waals surface area contributed by atoms with Gasteiger partial charge in [0.1, 0.15) is 5.01 Å². The minimum atomic E-state index is -0.0383. The third kappa shape index (κ3) is 4.46. The highest BCUT2D eigenvalue weighted by molar-refractivity contribution is 7.98. The highest BCUT2D eigenvalue weighted by atomic mass is 35.5. The van der Waals surface area contributed by atoms with E-state index in [1.165, 1.54) is 0 Å². The number of aromatic nitrogens is 1. The minimum Gasteiger partial charge on any atom is -0.349 e. The van der Waals surface area contributed by atoms with Crippen molar-refractivity contribution in [3.05, 3.63) is 40.9 Å². The van der Waals surface area contributed by atoms with E-state index < -0.39 is 0 Å². The van der Waals surface area contributed by atoms with Crippen molar-refractivity contribution < 1.29 is 4.79 Å². The molecule has 0 aliphatic rings. The highest BCUT2D eigenvalue weighted by Gasteiger charge is 2.10. The molecule has 0 saturated carbocycles. The molecule has 3 nitrogen and oxygen atoms in total. The van der Waals surface area contributed by atoms with Gasteiger partial charge in [0, 0.05) is 28.3 Å². The van der Waals surface area contributed by atoms with Crippen LogP contribution < -0.4 is 5.32 Å². The van der Waals surface area contributed by atoms with Gasteiger partial charge in [0.05, 0.1) is 11.6 Å². The number of halogens is 1. The van der Waals surface area contributed by atoms with Crippen LogP contribution in [0.15, 0.2) is 29.6 Å². The van der Waals surface area contributed by atoms with Crippen LogP contribution >= 0.6 is 34.7 Å². The molecule has 0 aliphatic carbocycles. The first kappa shape index (κ1) is 16.3. The molecule has 6 heteroatoms. The van der Waals surface area contributed by atoms with Crippen molar-refractivity contribution in [1.29, 1.82) is 0 Å². The van der Waals surface area contributed by atoms with Gasteiger partial charge in [0.2, 0.25) is 0 Å². The molecule has 2 rings (SSSR count). The number of thiazole rings is 1. The third-order valence-corrected chi connectivity index (χ3v) is 4.92. The summed E-state index contributed by atoms with van der Waals surface area (Å²) in [6, 6.07) is 7.67. The van der Waals surface area contributed by atoms with Crippen molar-refractivity contribution in [3.8, 4) is 10.6 Å². The van der Waals surface area contributed by atoms with Crippen LogP contribution in [0.25, 0.3) is 10.6 Å². The van der Waals surface area contributed by atoms with Crippen LogP contribution in [0.3, 0.4) is 0 Å². The molecule has 0 fully saturated rings. The zero-order valence-electron chi connectivity index (χ0n) is 11.9. The number of rotatable bonds is 6. The number of amides is 1. The van der Waals surface area contributed by atoms with Crippen LogP contribution in [0.2, 0.25) is 0 Å². The molecule has 1 atom stereocenters. The Hall–Kier alpha value is -1.04. The van der Waals surface area contributed by atoms with Gasteiger partial charge in [-0.3, -0.25) is 4.79 Å². The van der Waals surface area contributed by atoms with Crippen LogP contribution in [0, 0.1) is 0 Å². The van der Waals surface area contributed by atoms with Gasteiger partial charge in [-0.15, -0.1) is 22.9 Å². The molecular weight excluding hydrogens is 324 g/mol. The lowest BCUT2D eigenvalue weighted by molar-refractivity contribution is 0.0944. The lowest BCUT2D eigenvalue weighted by Gasteiger charge is -2.12. The maximum Gasteiger partial charge on any atom is 0.251 e. The average molecular weight is 341 g/mol. The number of carbonyl (C=O) groups excluding carboxylic acids is 1. The summed E-state index contributed by atoms with van der Waals surface area (Å²) in [6.07, 6.45) is 2.03. The summed E-state index contributed by atoms with van der Waals surface area (Å²) in [7, 11) is 0. The Morgan fingerprint density at radius 1 is 1.43 bits per heavy atom. The molecule has 1 aromatic carbocycles. The maximum absolute atomic E-state index is 12.1. The van der Waals surface area contributed by atoms with Crippen LogP contribution in [0.1, 0.15) is 23.0 Å². The van der Waals surface area contributed by atoms with E-state index in [0.29, 0.717) is 11.4 Å². The number of alkyl halides is 1. The predicted molar refractivity (Wildman–Crippen MR) is 92.4 cm³/mol. The van der Waals surface area contributed by atoms with Crippen molar-refractivity contribution in [3.63, 3.8) is 0 Å². The summed E-state index contributed by atoms with van der Waals surface area (Å²) in [4.78, 5) is 16.5. The summed E-state index contributed by atoms with van der Waals surface area (Å²) in [6.45, 7) is 2.01. The molecule has 1 heterocycles. The van der Waals surface area contributed by atoms with Gasteiger partial charge >= 0.3 is 0 Å². The van der Waals surface area contributed by atoms with Crippen molar-refractivity contribution in [2.75, 3.05) is 12.0 Å². The molecule has 2 aromatic rings. The van der Waals surface area contributed by atoms with Gasteiger partial charge in [0.25, 0.3) is 5.91 Å². The van der Waals surface area contributed by atoms with E-state index in [-0.39, 0.29) is 11.9 Å². The van der Waals surface area contributed by atoms with Crippen LogP contribution in [0.5, 0.6) is 0 Å². The first-order valence-electron chi connectivity index (χ1n) is 6.54. The Balaban J connectivity index is 2.06. The molecule has 1 N–H and O–H groups in total. The maximum atomic E-state index is 12.1. The topological polar surface area (TPSA) is 42.0 Å². The average Bonchev–Trinajstić information content (AvgIpc) is 2.96. The Kier molecular flexibility index (Phi) is 6.08. The number of carbonyl (C=O) groups is 1. The molecule has 1 aromatic heterocycles. The summed E-state index contributed by atoms with van der Waals surface area (Å²) < 4.78 is 0. The second-order valence-electron chi connectivity index (χ2n) is 4.68. The van der Waals surface area contributed by atoms with Crippen LogP contribution in [-0.2, 0) is 5.88 Å². The number of hydrogen-bond donors (Lipinski definition) is 1. The Morgan fingerprint density at radius 2 is 2.14 bits per heavy atom. The molecule has 1 unspecified atom stereocenters. The molecule has 0 spiro atoms. The first-order chi connectivity index (χ1) is 10.1. The summed E-state index contributed by atoms with van der Waals surface area (Å²) in [5.74, 6) is 1.29. The Bertz CT molecular complexity index is 598. The number of nitrogens with zero attached hydrogens (tertiary/aromatic N) is 1. The monoisotopic (exact) mass is 340 g/mol. The summed E-state index contributed by atoms with van der Waals surface area (Å²) >= 11 is 9.04. The van der Waals surface area contributed by atoms with Gasteiger partial charge in [-0.2, -0.15) is 11.8 Å². The minimum absolute atomic E-state index is 0.0383. The zero-order chi connectivity index (χ0) is 15.2. The largest absolute Gasteiger partial charge is 0.349 e. The fraction of sp³-hybridized carbons (Fsp3) is 0.333. The Labute approximate surface area is 138 Å². The van der Waals surface area contributed by atoms with Crippen molar-refractivity contribution >= 4 is 40.6 Å². The fourth-order valence-electron chi connectivity index (χ4n) is 1.86. The van der Waals surface area contributed by atoms with Crippen LogP contribution in [-0.4, -0.2) is 28.9 Å². The fourth-order valence-corrected chi connectivity index (χ4v) is 3.50. The van der Waals surface area contributed by atoms with Crippen molar-refractivity contribution in [2.24, 2.45) is 0 Å². The molecule has 21 heavy (non-hydrogen) atoms. The SMILES string of the molecule is CSCC(C)NC(=O)c1ccc(-c2nc(CCl)cs2)cc1. The van der Waals surface area contributed by atoms with E-state index in [0.717, 1.165) is 22.0 Å². The van der Waals surface area contributed by atoms with Crippen LogP contribution in [0.4, 0.5) is 0 Å². The molecule has 1 amide bonds. The van der Waals surface area contributed by atoms with E-state index in [1.807, 2.05) is 42.8 Å². The van der Waals surface area contributed by atoms with E-state index >= 15 is 0 Å². The second kappa shape index (κ2) is 7.82. The number of hydrogen-bond acceptors (Lipinski definition) is 4. The molecule has 112 valence electrons. The lowest BCUT2D eigenvalue weighted by atomic mass is 10.1. The lowest BCUT2D eigenvalue weighted by Crippen LogP contribution is -2.34. The molecule has 0 aliphatic heterocycles. The van der Waals surface area contributed by atoms with E-state index in [9.17, 15) is 4.79 Å².